The van der Waals surface area contributed by atoms with Crippen LogP contribution in [0.5, 0.6) is 11.5 Å². The third kappa shape index (κ3) is 5.04. The normalized spacial score (nSPS) is 26.6. The van der Waals surface area contributed by atoms with Crippen molar-refractivity contribution in [2.24, 2.45) is 29.6 Å². The number of aryl methyl sites for hydroxylation is 1. The summed E-state index contributed by atoms with van der Waals surface area (Å²) in [6, 6.07) is 18.7. The number of fused-ring (bicyclic) bond motifs is 9. The lowest BCUT2D eigenvalue weighted by Crippen LogP contribution is -2.42. The van der Waals surface area contributed by atoms with Crippen LogP contribution < -0.4 is 24.6 Å². The molecule has 4 aromatic rings. The van der Waals surface area contributed by atoms with Crippen LogP contribution in [0.2, 0.25) is 0 Å². The zero-order valence-corrected chi connectivity index (χ0v) is 27.7. The quantitative estimate of drug-likeness (QED) is 0.219. The monoisotopic (exact) mass is 685 g/mol. The van der Waals surface area contributed by atoms with Gasteiger partial charge in [-0.1, -0.05) is 29.5 Å². The van der Waals surface area contributed by atoms with Gasteiger partial charge in [0.1, 0.15) is 5.82 Å². The average molecular weight is 686 g/mol. The number of thioether (sulfide) groups is 1. The van der Waals surface area contributed by atoms with Crippen molar-refractivity contribution in [1.29, 1.82) is 0 Å². The standard InChI is InChI=1S/C36H32FN3O6S2/c1-3-45-25-14-18(7-12-24(25)46-16-26(41)38-20-6-4-5-17(2)13-20)27-28-22-15-23(31(28)47-33-32(27)48-36(44)39-33)30-29(22)34(42)40(35(30)43)21-10-8-19(37)9-11-21/h4-14,22-23,27-31H,3,15-16H2,1-2H3,(H,38,41)(H,39,44)/t22-,23-,27-,28?,29?,30?,31?/m1/s1. The number of hydrogen-bond acceptors (Lipinski definition) is 8. The Morgan fingerprint density at radius 2 is 1.75 bits per heavy atom. The van der Waals surface area contributed by atoms with Crippen LogP contribution in [0.1, 0.15) is 35.3 Å². The minimum Gasteiger partial charge on any atom is -0.490 e. The van der Waals surface area contributed by atoms with Crippen molar-refractivity contribution in [3.8, 4) is 11.5 Å². The minimum atomic E-state index is -0.477. The van der Waals surface area contributed by atoms with Gasteiger partial charge in [-0.25, -0.2) is 4.39 Å². The van der Waals surface area contributed by atoms with Gasteiger partial charge in [-0.2, -0.15) is 0 Å². The second-order valence-corrected chi connectivity index (χ2v) is 15.0. The first-order valence-corrected chi connectivity index (χ1v) is 17.7. The van der Waals surface area contributed by atoms with Crippen LogP contribution >= 0.6 is 23.1 Å². The number of H-pyrrole nitrogens is 1. The molecule has 3 amide bonds. The number of nitrogens with zero attached hydrogens (tertiary/aromatic N) is 1. The molecule has 3 heterocycles. The molecular formula is C36H32FN3O6S2. The highest BCUT2D eigenvalue weighted by Gasteiger charge is 2.69. The van der Waals surface area contributed by atoms with E-state index in [-0.39, 0.29) is 58.1 Å². The lowest BCUT2D eigenvalue weighted by atomic mass is 9.68. The first kappa shape index (κ1) is 30.9. The molecule has 4 aliphatic rings. The van der Waals surface area contributed by atoms with Crippen molar-refractivity contribution in [3.63, 3.8) is 0 Å². The summed E-state index contributed by atoms with van der Waals surface area (Å²) in [5.41, 5.74) is 3.02. The number of anilines is 2. The van der Waals surface area contributed by atoms with Crippen molar-refractivity contribution in [3.05, 3.63) is 98.2 Å². The molecule has 48 heavy (non-hydrogen) atoms. The molecule has 3 fully saturated rings. The zero-order valence-electron chi connectivity index (χ0n) is 26.1. The first-order valence-electron chi connectivity index (χ1n) is 16.0. The summed E-state index contributed by atoms with van der Waals surface area (Å²) in [7, 11) is 0. The highest BCUT2D eigenvalue weighted by molar-refractivity contribution is 8.00. The zero-order chi connectivity index (χ0) is 33.3. The number of aromatic amines is 1. The topological polar surface area (TPSA) is 118 Å². The first-order chi connectivity index (χ1) is 23.2. The van der Waals surface area contributed by atoms with E-state index < -0.39 is 17.7 Å². The third-order valence-electron chi connectivity index (χ3n) is 10.1. The van der Waals surface area contributed by atoms with Gasteiger partial charge in [0.15, 0.2) is 18.1 Å². The van der Waals surface area contributed by atoms with Gasteiger partial charge in [0.25, 0.3) is 5.91 Å². The number of rotatable bonds is 8. The molecule has 9 nitrogen and oxygen atoms in total. The highest BCUT2D eigenvalue weighted by Crippen LogP contribution is 2.68. The van der Waals surface area contributed by atoms with E-state index in [1.807, 2.05) is 50.2 Å². The smallest absolute Gasteiger partial charge is 0.305 e. The SMILES string of the molecule is CCOc1cc([C@H]2c3sc(=O)[nH]c3SC3C2[C@H]2C[C@@H]3C3C(=O)N(c4ccc(F)cc4)C(=O)C32)ccc1OCC(=O)Nc1cccc(C)c1. The van der Waals surface area contributed by atoms with E-state index in [0.29, 0.717) is 29.5 Å². The molecule has 2 bridgehead atoms. The van der Waals surface area contributed by atoms with Gasteiger partial charge >= 0.3 is 4.87 Å². The molecule has 7 atom stereocenters. The maximum Gasteiger partial charge on any atom is 0.305 e. The van der Waals surface area contributed by atoms with E-state index in [4.69, 9.17) is 9.47 Å². The predicted octanol–water partition coefficient (Wildman–Crippen LogP) is 5.98. The maximum absolute atomic E-state index is 14.0. The summed E-state index contributed by atoms with van der Waals surface area (Å²) in [6.45, 7) is 3.98. The fraction of sp³-hybridized carbons (Fsp3) is 0.333. The number of amides is 3. The number of halogens is 1. The fourth-order valence-corrected chi connectivity index (χ4v) is 11.3. The molecule has 2 N–H and O–H groups in total. The van der Waals surface area contributed by atoms with Gasteiger partial charge in [-0.05, 0) is 97.7 Å². The summed E-state index contributed by atoms with van der Waals surface area (Å²) in [5, 5.41) is 3.67. The molecule has 3 aromatic carbocycles. The van der Waals surface area contributed by atoms with Crippen molar-refractivity contribution in [2.45, 2.75) is 36.5 Å². The minimum absolute atomic E-state index is 0.00790. The van der Waals surface area contributed by atoms with E-state index in [2.05, 4.69) is 10.3 Å². The summed E-state index contributed by atoms with van der Waals surface area (Å²) in [5.74, 6) is -1.57. The molecule has 2 saturated carbocycles. The summed E-state index contributed by atoms with van der Waals surface area (Å²) >= 11 is 2.79. The number of nitrogens with one attached hydrogen (secondary N) is 2. The maximum atomic E-state index is 14.0. The molecule has 4 unspecified atom stereocenters. The van der Waals surface area contributed by atoms with Crippen LogP contribution in [0.4, 0.5) is 15.8 Å². The molecule has 8 rings (SSSR count). The second kappa shape index (κ2) is 11.9. The largest absolute Gasteiger partial charge is 0.490 e. The molecule has 1 saturated heterocycles. The number of carbonyl (C=O) groups excluding carboxylic acids is 3. The number of hydrogen-bond donors (Lipinski definition) is 2. The Hall–Kier alpha value is -4.42. The molecule has 12 heteroatoms. The molecule has 0 radical (unpaired) electrons. The molecule has 1 aromatic heterocycles. The second-order valence-electron chi connectivity index (χ2n) is 12.8. The van der Waals surface area contributed by atoms with E-state index >= 15 is 0 Å². The Morgan fingerprint density at radius 3 is 2.50 bits per heavy atom. The van der Waals surface area contributed by atoms with Crippen LogP contribution in [-0.4, -0.2) is 41.2 Å². The Balaban J connectivity index is 1.10. The van der Waals surface area contributed by atoms with E-state index in [1.54, 1.807) is 17.8 Å². The van der Waals surface area contributed by atoms with Crippen LogP contribution in [0.15, 0.2) is 76.6 Å². The van der Waals surface area contributed by atoms with Crippen LogP contribution in [0.3, 0.4) is 0 Å². The highest BCUT2D eigenvalue weighted by atomic mass is 32.2. The van der Waals surface area contributed by atoms with Gasteiger partial charge in [-0.15, -0.1) is 11.8 Å². The molecule has 0 spiro atoms. The number of ether oxygens (including phenoxy) is 2. The molecule has 2 aliphatic heterocycles. The van der Waals surface area contributed by atoms with Crippen LogP contribution in [-0.2, 0) is 14.4 Å². The van der Waals surface area contributed by atoms with Crippen molar-refractivity contribution >= 4 is 52.2 Å². The lowest BCUT2D eigenvalue weighted by molar-refractivity contribution is -0.123. The number of aromatic nitrogens is 1. The number of benzene rings is 3. The number of carbonyl (C=O) groups is 3. The van der Waals surface area contributed by atoms with E-state index in [9.17, 15) is 23.6 Å². The summed E-state index contributed by atoms with van der Waals surface area (Å²) in [6.07, 6.45) is 0.748. The van der Waals surface area contributed by atoms with Gasteiger partial charge < -0.3 is 19.8 Å². The van der Waals surface area contributed by atoms with Gasteiger partial charge in [-0.3, -0.25) is 24.1 Å². The summed E-state index contributed by atoms with van der Waals surface area (Å²) in [4.78, 5) is 58.2. The average Bonchev–Trinajstić information content (AvgIpc) is 3.80. The Kier molecular flexibility index (Phi) is 7.67. The van der Waals surface area contributed by atoms with Gasteiger partial charge in [0, 0.05) is 21.7 Å². The van der Waals surface area contributed by atoms with Gasteiger partial charge in [0.05, 0.1) is 29.2 Å². The third-order valence-corrected chi connectivity index (χ3v) is 12.7. The Morgan fingerprint density at radius 1 is 0.979 bits per heavy atom. The summed E-state index contributed by atoms with van der Waals surface area (Å²) < 4.78 is 25.6. The van der Waals surface area contributed by atoms with E-state index in [1.165, 1.54) is 40.5 Å². The predicted molar refractivity (Wildman–Crippen MR) is 180 cm³/mol. The number of imide groups is 1. The lowest BCUT2D eigenvalue weighted by Gasteiger charge is -2.43. The van der Waals surface area contributed by atoms with Gasteiger partial charge in [0.2, 0.25) is 11.8 Å². The Labute approximate surface area is 283 Å². The van der Waals surface area contributed by atoms with Crippen molar-refractivity contribution in [2.75, 3.05) is 23.4 Å². The van der Waals surface area contributed by atoms with E-state index in [0.717, 1.165) is 27.5 Å². The molecular weight excluding hydrogens is 654 g/mol. The van der Waals surface area contributed by atoms with Crippen LogP contribution in [0, 0.1) is 42.3 Å². The number of thiazole rings is 1. The Bertz CT molecular complexity index is 2010. The molecule has 2 aliphatic carbocycles. The van der Waals surface area contributed by atoms with Crippen molar-refractivity contribution < 1.29 is 28.2 Å². The van der Waals surface area contributed by atoms with Crippen LogP contribution in [0.25, 0.3) is 0 Å². The molecule has 246 valence electrons. The fourth-order valence-electron chi connectivity index (χ4n) is 8.40. The van der Waals surface area contributed by atoms with Crippen molar-refractivity contribution in [1.82, 2.24) is 4.98 Å².